The number of anilines is 3. The number of benzene rings is 1. The molecule has 3 heterocycles. The van der Waals surface area contributed by atoms with E-state index in [0.717, 1.165) is 11.9 Å². The normalized spacial score (nSPS) is 14.3. The van der Waals surface area contributed by atoms with Crippen LogP contribution in [0, 0.1) is 11.3 Å². The quantitative estimate of drug-likeness (QED) is 0.233. The first-order valence-corrected chi connectivity index (χ1v) is 13.0. The molecule has 0 saturated carbocycles. The summed E-state index contributed by atoms with van der Waals surface area (Å²) in [6.07, 6.45) is 1.18. The van der Waals surface area contributed by atoms with Crippen LogP contribution in [0.2, 0.25) is 0 Å². The van der Waals surface area contributed by atoms with Crippen LogP contribution in [0.5, 0.6) is 0 Å². The van der Waals surface area contributed by atoms with Gasteiger partial charge in [-0.05, 0) is 68.3 Å². The van der Waals surface area contributed by atoms with E-state index in [9.17, 15) is 22.8 Å². The van der Waals surface area contributed by atoms with E-state index < -0.39 is 17.8 Å². The van der Waals surface area contributed by atoms with Gasteiger partial charge in [-0.2, -0.15) is 13.2 Å². The van der Waals surface area contributed by atoms with Crippen molar-refractivity contribution >= 4 is 34.8 Å². The van der Waals surface area contributed by atoms with Gasteiger partial charge in [0.25, 0.3) is 5.91 Å². The lowest BCUT2D eigenvalue weighted by Gasteiger charge is -2.32. The van der Waals surface area contributed by atoms with Crippen molar-refractivity contribution in [1.29, 1.82) is 5.41 Å². The largest absolute Gasteiger partial charge is 0.466 e. The van der Waals surface area contributed by atoms with Crippen molar-refractivity contribution in [3.05, 3.63) is 90.0 Å². The number of carbonyl (C=O) groups is 2. The molecule has 0 spiro atoms. The molecule has 1 amide bonds. The van der Waals surface area contributed by atoms with E-state index in [1.165, 1.54) is 36.7 Å². The highest BCUT2D eigenvalue weighted by molar-refractivity contribution is 6.07. The summed E-state index contributed by atoms with van der Waals surface area (Å²) in [4.78, 5) is 34.9. The second-order valence-corrected chi connectivity index (χ2v) is 9.29. The predicted octanol–water partition coefficient (Wildman–Crippen LogP) is 5.43. The van der Waals surface area contributed by atoms with Crippen molar-refractivity contribution in [3.8, 4) is 0 Å². The lowest BCUT2D eigenvalue weighted by atomic mass is 9.96. The number of piperidine rings is 1. The van der Waals surface area contributed by atoms with Crippen molar-refractivity contribution in [3.63, 3.8) is 0 Å². The van der Waals surface area contributed by atoms with Gasteiger partial charge in [0.1, 0.15) is 11.5 Å². The number of pyridine rings is 2. The van der Waals surface area contributed by atoms with Crippen LogP contribution in [0.4, 0.5) is 30.4 Å². The van der Waals surface area contributed by atoms with Crippen LogP contribution in [0.15, 0.2) is 78.9 Å². The van der Waals surface area contributed by atoms with Crippen LogP contribution >= 0.6 is 0 Å². The highest BCUT2D eigenvalue weighted by Crippen LogP contribution is 2.28. The van der Waals surface area contributed by atoms with Crippen molar-refractivity contribution in [2.45, 2.75) is 25.9 Å². The van der Waals surface area contributed by atoms with E-state index in [-0.39, 0.29) is 34.7 Å². The van der Waals surface area contributed by atoms with Crippen LogP contribution in [0.3, 0.4) is 0 Å². The molecule has 0 radical (unpaired) electrons. The van der Waals surface area contributed by atoms with Gasteiger partial charge in [0.2, 0.25) is 0 Å². The Morgan fingerprint density at radius 2 is 1.83 bits per heavy atom. The lowest BCUT2D eigenvalue weighted by molar-refractivity contribution is -0.148. The average molecular weight is 567 g/mol. The molecule has 3 aromatic rings. The summed E-state index contributed by atoms with van der Waals surface area (Å²) in [6.45, 7) is 3.45. The highest BCUT2D eigenvalue weighted by atomic mass is 19.4. The molecule has 1 saturated heterocycles. The average Bonchev–Trinajstić information content (AvgIpc) is 2.98. The van der Waals surface area contributed by atoms with Crippen LogP contribution < -0.4 is 15.5 Å². The van der Waals surface area contributed by atoms with Crippen LogP contribution in [0.1, 0.15) is 35.7 Å². The van der Waals surface area contributed by atoms with E-state index in [0.29, 0.717) is 44.2 Å². The molecule has 1 aromatic carbocycles. The maximum absolute atomic E-state index is 13.6. The minimum atomic E-state index is -4.75. The Morgan fingerprint density at radius 1 is 1.07 bits per heavy atom. The number of ether oxygens (including phenoxy) is 1. The standard InChI is InChI=1S/C29H29F3N6O3/c1-2-41-28(40)19-10-13-38(14-11-19)23-7-3-5-20(15-23)27(39)37-26-9-8-22(18-35-26)36-25(29(30,31)32)16-24(33)21-6-4-12-34-17-21/h3-9,12,15-19,33,36H,2,10-11,13-14H2,1H3,(H,35,37,39)/b25-16-,33-24?. The summed E-state index contributed by atoms with van der Waals surface area (Å²) in [6, 6.07) is 12.8. The first-order chi connectivity index (χ1) is 19.6. The molecular weight excluding hydrogens is 537 g/mol. The van der Waals surface area contributed by atoms with Gasteiger partial charge >= 0.3 is 12.1 Å². The van der Waals surface area contributed by atoms with Gasteiger partial charge in [-0.1, -0.05) is 6.07 Å². The summed E-state index contributed by atoms with van der Waals surface area (Å²) in [5.74, 6) is -0.579. The Bertz CT molecular complexity index is 1400. The minimum absolute atomic E-state index is 0.0266. The number of esters is 1. The van der Waals surface area contributed by atoms with Crippen LogP contribution in [0.25, 0.3) is 0 Å². The minimum Gasteiger partial charge on any atom is -0.466 e. The summed E-state index contributed by atoms with van der Waals surface area (Å²) in [5, 5.41) is 12.9. The fourth-order valence-electron chi connectivity index (χ4n) is 4.30. The molecule has 9 nitrogen and oxygen atoms in total. The second kappa shape index (κ2) is 13.1. The Kier molecular flexibility index (Phi) is 9.33. The number of allylic oxidation sites excluding steroid dienone is 2. The fraction of sp³-hybridized carbons (Fsp3) is 0.276. The Morgan fingerprint density at radius 3 is 2.46 bits per heavy atom. The summed E-state index contributed by atoms with van der Waals surface area (Å²) in [5.41, 5.74) is -0.0179. The van der Waals surface area contributed by atoms with Crippen molar-refractivity contribution in [1.82, 2.24) is 9.97 Å². The van der Waals surface area contributed by atoms with E-state index >= 15 is 0 Å². The molecule has 1 aliphatic heterocycles. The zero-order valence-electron chi connectivity index (χ0n) is 22.2. The van der Waals surface area contributed by atoms with E-state index in [1.54, 1.807) is 25.1 Å². The number of halogens is 3. The molecule has 214 valence electrons. The van der Waals surface area contributed by atoms with E-state index in [1.807, 2.05) is 6.07 Å². The third kappa shape index (κ3) is 7.90. The molecule has 1 aliphatic rings. The number of nitrogens with zero attached hydrogens (tertiary/aromatic N) is 3. The molecule has 12 heteroatoms. The van der Waals surface area contributed by atoms with Gasteiger partial charge in [-0.25, -0.2) is 4.98 Å². The van der Waals surface area contributed by atoms with Gasteiger partial charge in [0.15, 0.2) is 0 Å². The lowest BCUT2D eigenvalue weighted by Crippen LogP contribution is -2.37. The molecule has 0 atom stereocenters. The molecule has 41 heavy (non-hydrogen) atoms. The second-order valence-electron chi connectivity index (χ2n) is 9.29. The van der Waals surface area contributed by atoms with Crippen molar-refractivity contribution in [2.24, 2.45) is 5.92 Å². The third-order valence-electron chi connectivity index (χ3n) is 6.44. The number of rotatable bonds is 9. The number of amides is 1. The predicted molar refractivity (Wildman–Crippen MR) is 149 cm³/mol. The Hall–Kier alpha value is -4.74. The van der Waals surface area contributed by atoms with Gasteiger partial charge in [0, 0.05) is 42.3 Å². The van der Waals surface area contributed by atoms with E-state index in [2.05, 4.69) is 25.5 Å². The summed E-state index contributed by atoms with van der Waals surface area (Å²) >= 11 is 0. The first-order valence-electron chi connectivity index (χ1n) is 13.0. The zero-order chi connectivity index (χ0) is 29.4. The number of nitrogens with one attached hydrogen (secondary N) is 3. The Balaban J connectivity index is 1.38. The summed E-state index contributed by atoms with van der Waals surface area (Å²) < 4.78 is 46.0. The molecule has 0 bridgehead atoms. The van der Waals surface area contributed by atoms with Gasteiger partial charge in [0.05, 0.1) is 30.1 Å². The number of hydrogen-bond acceptors (Lipinski definition) is 8. The number of hydrogen-bond donors (Lipinski definition) is 3. The van der Waals surface area contributed by atoms with E-state index in [4.69, 9.17) is 10.1 Å². The molecule has 4 rings (SSSR count). The summed E-state index contributed by atoms with van der Waals surface area (Å²) in [7, 11) is 0. The topological polar surface area (TPSA) is 120 Å². The molecular formula is C29H29F3N6O3. The fourth-order valence-corrected chi connectivity index (χ4v) is 4.30. The monoisotopic (exact) mass is 566 g/mol. The van der Waals surface area contributed by atoms with Gasteiger partial charge in [-0.3, -0.25) is 14.6 Å². The highest BCUT2D eigenvalue weighted by Gasteiger charge is 2.34. The third-order valence-corrected chi connectivity index (χ3v) is 6.44. The molecule has 0 aliphatic carbocycles. The SMILES string of the molecule is CCOC(=O)C1CCN(c2cccc(C(=O)Nc3ccc(N/C(=C\C(=N)c4cccnc4)C(F)(F)F)cn3)c2)CC1. The Labute approximate surface area is 235 Å². The van der Waals surface area contributed by atoms with Crippen molar-refractivity contribution in [2.75, 3.05) is 35.2 Å². The zero-order valence-corrected chi connectivity index (χ0v) is 22.2. The first kappa shape index (κ1) is 29.2. The van der Waals surface area contributed by atoms with Crippen LogP contribution in [-0.4, -0.2) is 53.4 Å². The maximum atomic E-state index is 13.6. The molecule has 2 aromatic heterocycles. The molecule has 1 fully saturated rings. The van der Waals surface area contributed by atoms with Crippen LogP contribution in [-0.2, 0) is 9.53 Å². The maximum Gasteiger partial charge on any atom is 0.431 e. The number of alkyl halides is 3. The van der Waals surface area contributed by atoms with Gasteiger partial charge in [-0.15, -0.1) is 0 Å². The molecule has 3 N–H and O–H groups in total. The smallest absolute Gasteiger partial charge is 0.431 e. The van der Waals surface area contributed by atoms with Crippen molar-refractivity contribution < 1.29 is 27.5 Å². The number of carbonyl (C=O) groups excluding carboxylic acids is 2. The molecule has 0 unspecified atom stereocenters. The van der Waals surface area contributed by atoms with Gasteiger partial charge < -0.3 is 25.7 Å². The number of aromatic nitrogens is 2.